The molecular formula is C8H9N3O2. The van der Waals surface area contributed by atoms with E-state index in [1.807, 2.05) is 0 Å². The Balaban J connectivity index is 3.12. The van der Waals surface area contributed by atoms with Crippen molar-refractivity contribution >= 4 is 5.69 Å². The summed E-state index contributed by atoms with van der Waals surface area (Å²) >= 11 is 0. The van der Waals surface area contributed by atoms with Crippen LogP contribution >= 0.6 is 0 Å². The molecule has 0 saturated heterocycles. The quantitative estimate of drug-likeness (QED) is 0.406. The van der Waals surface area contributed by atoms with Crippen molar-refractivity contribution in [2.45, 2.75) is 0 Å². The number of benzene rings is 1. The van der Waals surface area contributed by atoms with Crippen LogP contribution in [0.5, 0.6) is 11.5 Å². The van der Waals surface area contributed by atoms with E-state index < -0.39 is 0 Å². The van der Waals surface area contributed by atoms with Crippen molar-refractivity contribution in [3.8, 4) is 11.5 Å². The second-order valence-electron chi connectivity index (χ2n) is 2.23. The second kappa shape index (κ2) is 4.23. The predicted octanol–water partition coefficient (Wildman–Crippen LogP) is 2.65. The van der Waals surface area contributed by atoms with E-state index in [0.29, 0.717) is 17.2 Å². The molecule has 0 aliphatic rings. The minimum atomic E-state index is 0.500. The van der Waals surface area contributed by atoms with Gasteiger partial charge in [0.25, 0.3) is 0 Å². The SMILES string of the molecule is COc1ccc(N=[N+]=[N-])cc1OC. The second-order valence-corrected chi connectivity index (χ2v) is 2.23. The van der Waals surface area contributed by atoms with Gasteiger partial charge in [-0.1, -0.05) is 5.11 Å². The largest absolute Gasteiger partial charge is 0.493 e. The fourth-order valence-electron chi connectivity index (χ4n) is 0.939. The Morgan fingerprint density at radius 2 is 1.92 bits per heavy atom. The topological polar surface area (TPSA) is 67.2 Å². The highest BCUT2D eigenvalue weighted by Gasteiger charge is 2.02. The molecular weight excluding hydrogens is 170 g/mol. The number of rotatable bonds is 3. The molecule has 1 rings (SSSR count). The first-order valence-corrected chi connectivity index (χ1v) is 3.59. The van der Waals surface area contributed by atoms with Gasteiger partial charge >= 0.3 is 0 Å². The summed E-state index contributed by atoms with van der Waals surface area (Å²) in [6.45, 7) is 0. The average molecular weight is 179 g/mol. The zero-order valence-corrected chi connectivity index (χ0v) is 7.39. The molecule has 0 heterocycles. The summed E-state index contributed by atoms with van der Waals surface area (Å²) in [6, 6.07) is 4.95. The van der Waals surface area contributed by atoms with Gasteiger partial charge < -0.3 is 9.47 Å². The predicted molar refractivity (Wildman–Crippen MR) is 48.4 cm³/mol. The van der Waals surface area contributed by atoms with Crippen LogP contribution in [0.4, 0.5) is 5.69 Å². The molecule has 1 aromatic rings. The summed E-state index contributed by atoms with van der Waals surface area (Å²) in [4.78, 5) is 2.67. The summed E-state index contributed by atoms with van der Waals surface area (Å²) in [6.07, 6.45) is 0. The number of ether oxygens (including phenoxy) is 2. The minimum Gasteiger partial charge on any atom is -0.493 e. The summed E-state index contributed by atoms with van der Waals surface area (Å²) in [7, 11) is 3.07. The van der Waals surface area contributed by atoms with Crippen LogP contribution in [0.2, 0.25) is 0 Å². The van der Waals surface area contributed by atoms with E-state index in [9.17, 15) is 0 Å². The Morgan fingerprint density at radius 1 is 1.23 bits per heavy atom. The number of hydrogen-bond donors (Lipinski definition) is 0. The Labute approximate surface area is 75.5 Å². The van der Waals surface area contributed by atoms with Crippen molar-refractivity contribution in [1.29, 1.82) is 0 Å². The molecule has 68 valence electrons. The highest BCUT2D eigenvalue weighted by atomic mass is 16.5. The number of azide groups is 1. The van der Waals surface area contributed by atoms with E-state index in [4.69, 9.17) is 15.0 Å². The molecule has 0 saturated carbocycles. The van der Waals surface area contributed by atoms with E-state index >= 15 is 0 Å². The number of nitrogens with zero attached hydrogens (tertiary/aromatic N) is 3. The molecule has 5 heteroatoms. The molecule has 1 aromatic carbocycles. The maximum absolute atomic E-state index is 8.20. The summed E-state index contributed by atoms with van der Waals surface area (Å²) in [5.74, 6) is 1.16. The smallest absolute Gasteiger partial charge is 0.161 e. The van der Waals surface area contributed by atoms with Crippen LogP contribution in [0.25, 0.3) is 10.4 Å². The molecule has 0 radical (unpaired) electrons. The fraction of sp³-hybridized carbons (Fsp3) is 0.250. The third-order valence-electron chi connectivity index (χ3n) is 1.53. The lowest BCUT2D eigenvalue weighted by molar-refractivity contribution is 0.355. The van der Waals surface area contributed by atoms with Crippen LogP contribution in [0.3, 0.4) is 0 Å². The minimum absolute atomic E-state index is 0.500. The Kier molecular flexibility index (Phi) is 3.00. The molecule has 0 aromatic heterocycles. The van der Waals surface area contributed by atoms with Gasteiger partial charge in [-0.3, -0.25) is 0 Å². The first-order valence-electron chi connectivity index (χ1n) is 3.59. The highest BCUT2D eigenvalue weighted by molar-refractivity contribution is 5.51. The van der Waals surface area contributed by atoms with E-state index in [1.54, 1.807) is 25.3 Å². The van der Waals surface area contributed by atoms with Crippen LogP contribution in [0, 0.1) is 0 Å². The molecule has 0 aliphatic heterocycles. The standard InChI is InChI=1S/C8H9N3O2/c1-12-7-4-3-6(10-11-9)5-8(7)13-2/h3-5H,1-2H3. The first kappa shape index (κ1) is 9.22. The monoisotopic (exact) mass is 179 g/mol. The molecule has 0 amide bonds. The van der Waals surface area contributed by atoms with E-state index in [-0.39, 0.29) is 0 Å². The summed E-state index contributed by atoms with van der Waals surface area (Å²) in [5.41, 5.74) is 8.70. The zero-order valence-electron chi connectivity index (χ0n) is 7.39. The van der Waals surface area contributed by atoms with Gasteiger partial charge in [-0.25, -0.2) is 0 Å². The average Bonchev–Trinajstić information content (AvgIpc) is 2.18. The molecule has 5 nitrogen and oxygen atoms in total. The number of methoxy groups -OCH3 is 2. The van der Waals surface area contributed by atoms with E-state index in [2.05, 4.69) is 10.0 Å². The van der Waals surface area contributed by atoms with Gasteiger partial charge in [-0.15, -0.1) is 0 Å². The van der Waals surface area contributed by atoms with Gasteiger partial charge in [0.15, 0.2) is 11.5 Å². The maximum atomic E-state index is 8.20. The molecule has 0 atom stereocenters. The van der Waals surface area contributed by atoms with Gasteiger partial charge in [-0.2, -0.15) is 0 Å². The molecule has 0 fully saturated rings. The van der Waals surface area contributed by atoms with Gasteiger partial charge in [-0.05, 0) is 23.7 Å². The van der Waals surface area contributed by atoms with Crippen molar-refractivity contribution < 1.29 is 9.47 Å². The highest BCUT2D eigenvalue weighted by Crippen LogP contribution is 2.30. The van der Waals surface area contributed by atoms with Gasteiger partial charge in [0, 0.05) is 10.6 Å². The third kappa shape index (κ3) is 2.04. The molecule has 0 N–H and O–H groups in total. The van der Waals surface area contributed by atoms with Crippen molar-refractivity contribution in [1.82, 2.24) is 0 Å². The lowest BCUT2D eigenvalue weighted by Crippen LogP contribution is -1.88. The lowest BCUT2D eigenvalue weighted by atomic mass is 10.3. The van der Waals surface area contributed by atoms with Crippen LogP contribution in [0.15, 0.2) is 23.3 Å². The van der Waals surface area contributed by atoms with Crippen molar-refractivity contribution in [2.75, 3.05) is 14.2 Å². The van der Waals surface area contributed by atoms with Crippen LogP contribution in [-0.2, 0) is 0 Å². The fourth-order valence-corrected chi connectivity index (χ4v) is 0.939. The maximum Gasteiger partial charge on any atom is 0.161 e. The van der Waals surface area contributed by atoms with E-state index in [0.717, 1.165) is 0 Å². The van der Waals surface area contributed by atoms with Gasteiger partial charge in [0.2, 0.25) is 0 Å². The Bertz CT molecular complexity index is 345. The summed E-state index contributed by atoms with van der Waals surface area (Å²) < 4.78 is 10.0. The molecule has 0 aliphatic carbocycles. The van der Waals surface area contributed by atoms with Crippen LogP contribution in [-0.4, -0.2) is 14.2 Å². The summed E-state index contributed by atoms with van der Waals surface area (Å²) in [5, 5.41) is 3.44. The molecule has 0 bridgehead atoms. The van der Waals surface area contributed by atoms with Crippen LogP contribution < -0.4 is 9.47 Å². The zero-order chi connectivity index (χ0) is 9.68. The lowest BCUT2D eigenvalue weighted by Gasteiger charge is -2.06. The van der Waals surface area contributed by atoms with Gasteiger partial charge in [0.05, 0.1) is 14.2 Å². The van der Waals surface area contributed by atoms with Crippen molar-refractivity contribution in [2.24, 2.45) is 5.11 Å². The van der Waals surface area contributed by atoms with Gasteiger partial charge in [0.1, 0.15) is 0 Å². The third-order valence-corrected chi connectivity index (χ3v) is 1.53. The molecule has 0 unspecified atom stereocenters. The normalized spacial score (nSPS) is 8.77. The Morgan fingerprint density at radius 3 is 2.46 bits per heavy atom. The Hall–Kier alpha value is -1.87. The van der Waals surface area contributed by atoms with Crippen LogP contribution in [0.1, 0.15) is 0 Å². The molecule has 13 heavy (non-hydrogen) atoms. The first-order chi connectivity index (χ1) is 6.31. The van der Waals surface area contributed by atoms with Crippen molar-refractivity contribution in [3.63, 3.8) is 0 Å². The van der Waals surface area contributed by atoms with E-state index in [1.165, 1.54) is 7.11 Å². The molecule has 0 spiro atoms. The van der Waals surface area contributed by atoms with Crippen molar-refractivity contribution in [3.05, 3.63) is 28.6 Å². The number of hydrogen-bond acceptors (Lipinski definition) is 3.